The van der Waals surface area contributed by atoms with E-state index in [1.54, 1.807) is 0 Å². The lowest BCUT2D eigenvalue weighted by Gasteiger charge is -2.26. The molecule has 12 heavy (non-hydrogen) atoms. The fraction of sp³-hybridized carbons (Fsp3) is 0.667. The van der Waals surface area contributed by atoms with Crippen LogP contribution in [0.2, 0.25) is 0 Å². The molecular weight excluding hydrogens is 150 g/mol. The Balaban J connectivity index is 2.31. The molecule has 0 atom stereocenters. The molecule has 3 nitrogen and oxygen atoms in total. The molecule has 0 aromatic carbocycles. The zero-order valence-corrected chi connectivity index (χ0v) is 7.45. The molecule has 0 unspecified atom stereocenters. The minimum Gasteiger partial charge on any atom is -0.326 e. The summed E-state index contributed by atoms with van der Waals surface area (Å²) in [4.78, 5) is 0. The Bertz CT molecular complexity index is 273. The lowest BCUT2D eigenvalue weighted by Crippen LogP contribution is -2.16. The third-order valence-electron chi connectivity index (χ3n) is 2.78. The molecule has 1 aliphatic carbocycles. The zero-order chi connectivity index (χ0) is 8.55. The van der Waals surface area contributed by atoms with Crippen molar-refractivity contribution in [3.8, 4) is 0 Å². The van der Waals surface area contributed by atoms with Crippen LogP contribution >= 0.6 is 0 Å². The van der Waals surface area contributed by atoms with E-state index in [2.05, 4.69) is 5.10 Å². The van der Waals surface area contributed by atoms with Gasteiger partial charge in [-0.1, -0.05) is 6.42 Å². The van der Waals surface area contributed by atoms with Crippen LogP contribution in [0.15, 0.2) is 6.20 Å². The fourth-order valence-corrected chi connectivity index (χ4v) is 1.86. The minimum absolute atomic E-state index is 0.625. The summed E-state index contributed by atoms with van der Waals surface area (Å²) in [6.07, 6.45) is 5.88. The van der Waals surface area contributed by atoms with Gasteiger partial charge in [-0.3, -0.25) is 4.68 Å². The van der Waals surface area contributed by atoms with Crippen molar-refractivity contribution in [2.45, 2.75) is 31.7 Å². The third-order valence-corrected chi connectivity index (χ3v) is 2.78. The van der Waals surface area contributed by atoms with Crippen LogP contribution < -0.4 is 5.73 Å². The lowest BCUT2D eigenvalue weighted by molar-refractivity contribution is 0.394. The predicted molar refractivity (Wildman–Crippen MR) is 47.7 cm³/mol. The van der Waals surface area contributed by atoms with Gasteiger partial charge in [0.05, 0.1) is 6.20 Å². The van der Waals surface area contributed by atoms with Crippen LogP contribution in [0, 0.1) is 0 Å². The van der Waals surface area contributed by atoms with Gasteiger partial charge in [-0.15, -0.1) is 0 Å². The van der Waals surface area contributed by atoms with Gasteiger partial charge in [-0.05, 0) is 12.8 Å². The summed E-state index contributed by atoms with van der Waals surface area (Å²) in [5.74, 6) is 0.732. The van der Waals surface area contributed by atoms with E-state index in [0.29, 0.717) is 6.54 Å². The van der Waals surface area contributed by atoms with Crippen molar-refractivity contribution in [3.63, 3.8) is 0 Å². The molecule has 1 aromatic rings. The number of rotatable bonds is 2. The molecule has 3 heteroatoms. The molecule has 1 aliphatic rings. The first-order chi connectivity index (χ1) is 5.83. The number of aromatic nitrogens is 2. The van der Waals surface area contributed by atoms with Crippen LogP contribution in [0.25, 0.3) is 0 Å². The molecule has 0 saturated heterocycles. The highest BCUT2D eigenvalue weighted by Gasteiger charge is 2.24. The average molecular weight is 165 g/mol. The number of aryl methyl sites for hydroxylation is 1. The molecule has 0 radical (unpaired) electrons. The summed E-state index contributed by atoms with van der Waals surface area (Å²) >= 11 is 0. The largest absolute Gasteiger partial charge is 0.326 e. The van der Waals surface area contributed by atoms with Gasteiger partial charge < -0.3 is 5.73 Å². The SMILES string of the molecule is Cn1ncc(CN)c1C1CCC1. The standard InChI is InChI=1S/C9H15N3/c1-12-9(7-3-2-4-7)8(5-10)6-11-12/h6-7H,2-5,10H2,1H3. The van der Waals surface area contributed by atoms with Crippen molar-refractivity contribution in [1.82, 2.24) is 9.78 Å². The van der Waals surface area contributed by atoms with Gasteiger partial charge in [0.25, 0.3) is 0 Å². The van der Waals surface area contributed by atoms with E-state index in [1.807, 2.05) is 17.9 Å². The van der Waals surface area contributed by atoms with Crippen LogP contribution in [-0.4, -0.2) is 9.78 Å². The van der Waals surface area contributed by atoms with Crippen LogP contribution in [0.1, 0.15) is 36.4 Å². The highest BCUT2D eigenvalue weighted by Crippen LogP contribution is 2.37. The van der Waals surface area contributed by atoms with Gasteiger partial charge in [0.15, 0.2) is 0 Å². The lowest BCUT2D eigenvalue weighted by atomic mass is 9.81. The van der Waals surface area contributed by atoms with Crippen LogP contribution in [0.4, 0.5) is 0 Å². The monoisotopic (exact) mass is 165 g/mol. The van der Waals surface area contributed by atoms with Crippen molar-refractivity contribution in [2.24, 2.45) is 12.8 Å². The molecular formula is C9H15N3. The van der Waals surface area contributed by atoms with Gasteiger partial charge in [0, 0.05) is 30.8 Å². The number of nitrogens with two attached hydrogens (primary N) is 1. The normalized spacial score (nSPS) is 17.8. The van der Waals surface area contributed by atoms with Crippen LogP contribution in [0.3, 0.4) is 0 Å². The Labute approximate surface area is 72.6 Å². The smallest absolute Gasteiger partial charge is 0.0537 e. The molecule has 2 N–H and O–H groups in total. The second-order valence-corrected chi connectivity index (χ2v) is 3.51. The number of hydrogen-bond donors (Lipinski definition) is 1. The highest BCUT2D eigenvalue weighted by atomic mass is 15.3. The fourth-order valence-electron chi connectivity index (χ4n) is 1.86. The summed E-state index contributed by atoms with van der Waals surface area (Å²) in [6, 6.07) is 0. The van der Waals surface area contributed by atoms with Crippen molar-refractivity contribution in [2.75, 3.05) is 0 Å². The Morgan fingerprint density at radius 3 is 2.92 bits per heavy atom. The minimum atomic E-state index is 0.625. The van der Waals surface area contributed by atoms with E-state index in [-0.39, 0.29) is 0 Å². The Morgan fingerprint density at radius 2 is 2.42 bits per heavy atom. The summed E-state index contributed by atoms with van der Waals surface area (Å²) in [5, 5.41) is 4.23. The van der Waals surface area contributed by atoms with Gasteiger partial charge in [0.1, 0.15) is 0 Å². The maximum Gasteiger partial charge on any atom is 0.0537 e. The first-order valence-electron chi connectivity index (χ1n) is 4.53. The second kappa shape index (κ2) is 2.90. The topological polar surface area (TPSA) is 43.8 Å². The maximum absolute atomic E-state index is 5.63. The Kier molecular flexibility index (Phi) is 1.89. The molecule has 1 aromatic heterocycles. The number of nitrogens with zero attached hydrogens (tertiary/aromatic N) is 2. The molecule has 1 heterocycles. The van der Waals surface area contributed by atoms with Gasteiger partial charge in [-0.2, -0.15) is 5.10 Å². The van der Waals surface area contributed by atoms with Crippen molar-refractivity contribution in [1.29, 1.82) is 0 Å². The van der Waals surface area contributed by atoms with E-state index in [0.717, 1.165) is 5.92 Å². The first kappa shape index (κ1) is 7.80. The van der Waals surface area contributed by atoms with Crippen LogP contribution in [0.5, 0.6) is 0 Å². The molecule has 1 fully saturated rings. The van der Waals surface area contributed by atoms with E-state index >= 15 is 0 Å². The molecule has 0 bridgehead atoms. The third kappa shape index (κ3) is 1.05. The van der Waals surface area contributed by atoms with E-state index < -0.39 is 0 Å². The molecule has 2 rings (SSSR count). The summed E-state index contributed by atoms with van der Waals surface area (Å²) in [5.41, 5.74) is 8.22. The summed E-state index contributed by atoms with van der Waals surface area (Å²) < 4.78 is 1.98. The molecule has 1 saturated carbocycles. The van der Waals surface area contributed by atoms with Gasteiger partial charge in [-0.25, -0.2) is 0 Å². The summed E-state index contributed by atoms with van der Waals surface area (Å²) in [6.45, 7) is 0.625. The molecule has 66 valence electrons. The molecule has 0 aliphatic heterocycles. The van der Waals surface area contributed by atoms with Crippen LogP contribution in [-0.2, 0) is 13.6 Å². The molecule has 0 amide bonds. The Morgan fingerprint density at radius 1 is 1.67 bits per heavy atom. The van der Waals surface area contributed by atoms with Crippen molar-refractivity contribution < 1.29 is 0 Å². The van der Waals surface area contributed by atoms with E-state index in [9.17, 15) is 0 Å². The van der Waals surface area contributed by atoms with E-state index in [1.165, 1.54) is 30.5 Å². The quantitative estimate of drug-likeness (QED) is 0.714. The van der Waals surface area contributed by atoms with Crippen molar-refractivity contribution in [3.05, 3.63) is 17.5 Å². The molecule has 0 spiro atoms. The average Bonchev–Trinajstić information content (AvgIpc) is 2.30. The van der Waals surface area contributed by atoms with Crippen molar-refractivity contribution >= 4 is 0 Å². The number of hydrogen-bond acceptors (Lipinski definition) is 2. The highest BCUT2D eigenvalue weighted by molar-refractivity contribution is 5.23. The van der Waals surface area contributed by atoms with Gasteiger partial charge in [0.2, 0.25) is 0 Å². The second-order valence-electron chi connectivity index (χ2n) is 3.51. The predicted octanol–water partition coefficient (Wildman–Crippen LogP) is 1.15. The van der Waals surface area contributed by atoms with E-state index in [4.69, 9.17) is 5.73 Å². The first-order valence-corrected chi connectivity index (χ1v) is 4.53. The Hall–Kier alpha value is -0.830. The zero-order valence-electron chi connectivity index (χ0n) is 7.45. The summed E-state index contributed by atoms with van der Waals surface area (Å²) in [7, 11) is 2.01. The maximum atomic E-state index is 5.63. The van der Waals surface area contributed by atoms with Gasteiger partial charge >= 0.3 is 0 Å².